The first kappa shape index (κ1) is 21.3. The fourth-order valence-corrected chi connectivity index (χ4v) is 3.79. The SMILES string of the molecule is COc1ccccc1-c1ccc(C2(OC(=O)C(C)(C)C)CCNCC2)cc1CN. The molecule has 1 aliphatic rings. The van der Waals surface area contributed by atoms with Gasteiger partial charge < -0.3 is 20.5 Å². The van der Waals surface area contributed by atoms with Crippen LogP contribution in [0.1, 0.15) is 44.7 Å². The molecule has 1 heterocycles. The molecule has 156 valence electrons. The first-order chi connectivity index (χ1) is 13.8. The smallest absolute Gasteiger partial charge is 0.312 e. The molecule has 0 saturated carbocycles. The van der Waals surface area contributed by atoms with Gasteiger partial charge in [-0.05, 0) is 62.7 Å². The van der Waals surface area contributed by atoms with Crippen LogP contribution < -0.4 is 15.8 Å². The molecule has 3 N–H and O–H groups in total. The molecule has 0 aromatic heterocycles. The zero-order valence-corrected chi connectivity index (χ0v) is 17.9. The molecule has 0 spiro atoms. The van der Waals surface area contributed by atoms with Crippen LogP contribution in [0.2, 0.25) is 0 Å². The predicted molar refractivity (Wildman–Crippen MR) is 116 cm³/mol. The van der Waals surface area contributed by atoms with E-state index in [-0.39, 0.29) is 5.97 Å². The van der Waals surface area contributed by atoms with E-state index in [1.54, 1.807) is 7.11 Å². The van der Waals surface area contributed by atoms with Crippen LogP contribution in [0.5, 0.6) is 5.75 Å². The van der Waals surface area contributed by atoms with Crippen molar-refractivity contribution in [1.82, 2.24) is 5.32 Å². The number of benzene rings is 2. The number of rotatable bonds is 5. The zero-order valence-electron chi connectivity index (χ0n) is 17.9. The van der Waals surface area contributed by atoms with E-state index in [0.717, 1.165) is 53.9 Å². The van der Waals surface area contributed by atoms with Crippen LogP contribution in [-0.2, 0) is 21.7 Å². The van der Waals surface area contributed by atoms with Crippen molar-refractivity contribution in [3.63, 3.8) is 0 Å². The maximum atomic E-state index is 12.8. The molecule has 5 heteroatoms. The van der Waals surface area contributed by atoms with E-state index in [4.69, 9.17) is 15.2 Å². The highest BCUT2D eigenvalue weighted by Gasteiger charge is 2.40. The van der Waals surface area contributed by atoms with Crippen LogP contribution in [-0.4, -0.2) is 26.2 Å². The summed E-state index contributed by atoms with van der Waals surface area (Å²) < 4.78 is 11.7. The minimum Gasteiger partial charge on any atom is -0.496 e. The van der Waals surface area contributed by atoms with Gasteiger partial charge in [0.05, 0.1) is 12.5 Å². The van der Waals surface area contributed by atoms with Gasteiger partial charge in [-0.2, -0.15) is 0 Å². The van der Waals surface area contributed by atoms with Crippen molar-refractivity contribution in [2.24, 2.45) is 11.1 Å². The first-order valence-electron chi connectivity index (χ1n) is 10.2. The highest BCUT2D eigenvalue weighted by Crippen LogP contribution is 2.40. The molecular weight excluding hydrogens is 364 g/mol. The number of para-hydroxylation sites is 1. The third-order valence-electron chi connectivity index (χ3n) is 5.56. The summed E-state index contributed by atoms with van der Waals surface area (Å²) in [5, 5.41) is 3.37. The van der Waals surface area contributed by atoms with Crippen molar-refractivity contribution in [2.45, 2.75) is 45.8 Å². The van der Waals surface area contributed by atoms with Crippen molar-refractivity contribution in [2.75, 3.05) is 20.2 Å². The quantitative estimate of drug-likeness (QED) is 0.748. The number of esters is 1. The number of carbonyl (C=O) groups excluding carboxylic acids is 1. The molecule has 1 aliphatic heterocycles. The molecule has 0 unspecified atom stereocenters. The minimum absolute atomic E-state index is 0.178. The molecule has 2 aromatic rings. The van der Waals surface area contributed by atoms with Gasteiger partial charge in [0.1, 0.15) is 11.4 Å². The number of hydrogen-bond donors (Lipinski definition) is 2. The summed E-state index contributed by atoms with van der Waals surface area (Å²) in [5.41, 5.74) is 9.02. The Kier molecular flexibility index (Phi) is 6.30. The van der Waals surface area contributed by atoms with Gasteiger partial charge >= 0.3 is 5.97 Å². The summed E-state index contributed by atoms with van der Waals surface area (Å²) in [6, 6.07) is 14.2. The standard InChI is InChI=1S/C24H32N2O3/c1-23(2,3)22(27)29-24(11-13-26-14-12-24)18-9-10-19(17(15-18)16-25)20-7-5-6-8-21(20)28-4/h5-10,15,26H,11-14,16,25H2,1-4H3. The van der Waals surface area contributed by atoms with Gasteiger partial charge in [0.15, 0.2) is 0 Å². The molecule has 0 aliphatic carbocycles. The van der Waals surface area contributed by atoms with Gasteiger partial charge in [0.25, 0.3) is 0 Å². The Morgan fingerprint density at radius 2 is 1.79 bits per heavy atom. The van der Waals surface area contributed by atoms with Crippen LogP contribution >= 0.6 is 0 Å². The topological polar surface area (TPSA) is 73.6 Å². The number of ether oxygens (including phenoxy) is 2. The van der Waals surface area contributed by atoms with Crippen molar-refractivity contribution in [3.8, 4) is 16.9 Å². The molecular formula is C24H32N2O3. The molecule has 5 nitrogen and oxygen atoms in total. The van der Waals surface area contributed by atoms with E-state index >= 15 is 0 Å². The lowest BCUT2D eigenvalue weighted by molar-refractivity contribution is -0.174. The van der Waals surface area contributed by atoms with E-state index in [2.05, 4.69) is 23.5 Å². The summed E-state index contributed by atoms with van der Waals surface area (Å²) in [4.78, 5) is 12.8. The third kappa shape index (κ3) is 4.46. The number of nitrogens with one attached hydrogen (secondary N) is 1. The summed E-state index contributed by atoms with van der Waals surface area (Å²) >= 11 is 0. The Balaban J connectivity index is 2.05. The van der Waals surface area contributed by atoms with Crippen LogP contribution in [0.15, 0.2) is 42.5 Å². The van der Waals surface area contributed by atoms with E-state index in [1.165, 1.54) is 0 Å². The number of piperidine rings is 1. The Labute approximate surface area is 173 Å². The average Bonchev–Trinajstić information content (AvgIpc) is 2.73. The molecule has 0 radical (unpaired) electrons. The van der Waals surface area contributed by atoms with E-state index in [9.17, 15) is 4.79 Å². The lowest BCUT2D eigenvalue weighted by Gasteiger charge is -2.39. The number of methoxy groups -OCH3 is 1. The second-order valence-corrected chi connectivity index (χ2v) is 8.66. The van der Waals surface area contributed by atoms with Gasteiger partial charge in [-0.15, -0.1) is 0 Å². The van der Waals surface area contributed by atoms with Gasteiger partial charge in [0, 0.05) is 24.9 Å². The zero-order chi connectivity index (χ0) is 21.1. The highest BCUT2D eigenvalue weighted by atomic mass is 16.6. The molecule has 2 aromatic carbocycles. The fourth-order valence-electron chi connectivity index (χ4n) is 3.79. The van der Waals surface area contributed by atoms with Crippen molar-refractivity contribution in [3.05, 3.63) is 53.6 Å². The van der Waals surface area contributed by atoms with E-state index < -0.39 is 11.0 Å². The van der Waals surface area contributed by atoms with Crippen LogP contribution in [0.25, 0.3) is 11.1 Å². The molecule has 0 bridgehead atoms. The van der Waals surface area contributed by atoms with E-state index in [1.807, 2.05) is 45.0 Å². The Morgan fingerprint density at radius 3 is 2.41 bits per heavy atom. The largest absolute Gasteiger partial charge is 0.496 e. The molecule has 1 saturated heterocycles. The third-order valence-corrected chi connectivity index (χ3v) is 5.56. The van der Waals surface area contributed by atoms with Crippen molar-refractivity contribution in [1.29, 1.82) is 0 Å². The van der Waals surface area contributed by atoms with E-state index in [0.29, 0.717) is 6.54 Å². The second kappa shape index (κ2) is 8.56. The lowest BCUT2D eigenvalue weighted by Crippen LogP contribution is -2.45. The van der Waals surface area contributed by atoms with Gasteiger partial charge in [-0.1, -0.05) is 30.3 Å². The Bertz CT molecular complexity index is 865. The second-order valence-electron chi connectivity index (χ2n) is 8.66. The Morgan fingerprint density at radius 1 is 1.10 bits per heavy atom. The number of carbonyl (C=O) groups is 1. The number of nitrogens with two attached hydrogens (primary N) is 1. The summed E-state index contributed by atoms with van der Waals surface area (Å²) in [6.45, 7) is 7.68. The lowest BCUT2D eigenvalue weighted by atomic mass is 9.82. The molecule has 0 atom stereocenters. The average molecular weight is 397 g/mol. The maximum Gasteiger partial charge on any atom is 0.312 e. The number of hydrogen-bond acceptors (Lipinski definition) is 5. The van der Waals surface area contributed by atoms with Gasteiger partial charge in [-0.25, -0.2) is 0 Å². The summed E-state index contributed by atoms with van der Waals surface area (Å²) in [5.74, 6) is 0.633. The van der Waals surface area contributed by atoms with Crippen LogP contribution in [0.3, 0.4) is 0 Å². The van der Waals surface area contributed by atoms with Gasteiger partial charge in [0.2, 0.25) is 0 Å². The summed E-state index contributed by atoms with van der Waals surface area (Å²) in [7, 11) is 1.67. The minimum atomic E-state index is -0.626. The maximum absolute atomic E-state index is 12.8. The first-order valence-corrected chi connectivity index (χ1v) is 10.2. The summed E-state index contributed by atoms with van der Waals surface area (Å²) in [6.07, 6.45) is 1.49. The molecule has 1 fully saturated rings. The highest BCUT2D eigenvalue weighted by molar-refractivity contribution is 5.76. The Hall–Kier alpha value is -2.37. The van der Waals surface area contributed by atoms with Crippen LogP contribution in [0, 0.1) is 5.41 Å². The molecule has 0 amide bonds. The van der Waals surface area contributed by atoms with Gasteiger partial charge in [-0.3, -0.25) is 4.79 Å². The normalized spacial score (nSPS) is 16.3. The predicted octanol–water partition coefficient (Wildman–Crippen LogP) is 3.99. The monoisotopic (exact) mass is 396 g/mol. The molecule has 3 rings (SSSR count). The van der Waals surface area contributed by atoms with Crippen molar-refractivity contribution < 1.29 is 14.3 Å². The fraction of sp³-hybridized carbons (Fsp3) is 0.458. The van der Waals surface area contributed by atoms with Crippen LogP contribution in [0.4, 0.5) is 0 Å². The van der Waals surface area contributed by atoms with Crippen molar-refractivity contribution >= 4 is 5.97 Å². The molecule has 29 heavy (non-hydrogen) atoms.